The highest BCUT2D eigenvalue weighted by atomic mass is 79.9. The summed E-state index contributed by atoms with van der Waals surface area (Å²) >= 11 is 3.43. The SMILES string of the molecule is Cn1nc(C(C)(C)n2nccn2)cc1Nc1ncc(Br)c(OC2CC2)n1. The molecule has 10 heteroatoms. The number of hydrogen-bond donors (Lipinski definition) is 1. The van der Waals surface area contributed by atoms with Crippen LogP contribution in [-0.2, 0) is 12.6 Å². The normalized spacial score (nSPS) is 14.5. The third kappa shape index (κ3) is 3.28. The van der Waals surface area contributed by atoms with Crippen LogP contribution in [0.2, 0.25) is 0 Å². The molecule has 0 spiro atoms. The van der Waals surface area contributed by atoms with E-state index in [9.17, 15) is 0 Å². The van der Waals surface area contributed by atoms with Crippen molar-refractivity contribution in [2.75, 3.05) is 5.32 Å². The zero-order valence-electron chi connectivity index (χ0n) is 14.7. The van der Waals surface area contributed by atoms with Crippen LogP contribution < -0.4 is 10.1 Å². The predicted molar refractivity (Wildman–Crippen MR) is 98.3 cm³/mol. The van der Waals surface area contributed by atoms with E-state index in [1.54, 1.807) is 28.1 Å². The molecule has 1 saturated carbocycles. The molecule has 3 aromatic rings. The Kier molecular flexibility index (Phi) is 4.14. The van der Waals surface area contributed by atoms with E-state index in [1.165, 1.54) is 0 Å². The first kappa shape index (κ1) is 17.0. The number of nitrogens with one attached hydrogen (secondary N) is 1. The van der Waals surface area contributed by atoms with Gasteiger partial charge >= 0.3 is 0 Å². The van der Waals surface area contributed by atoms with Crippen molar-refractivity contribution in [1.82, 2.24) is 34.7 Å². The zero-order valence-corrected chi connectivity index (χ0v) is 16.3. The summed E-state index contributed by atoms with van der Waals surface area (Å²) < 4.78 is 8.28. The molecular weight excluding hydrogens is 400 g/mol. The van der Waals surface area contributed by atoms with Crippen LogP contribution in [-0.4, -0.2) is 40.8 Å². The van der Waals surface area contributed by atoms with Gasteiger partial charge in [0.25, 0.3) is 0 Å². The maximum Gasteiger partial charge on any atom is 0.233 e. The number of rotatable bonds is 6. The van der Waals surface area contributed by atoms with Gasteiger partial charge in [0, 0.05) is 13.1 Å². The Bertz CT molecular complexity index is 916. The summed E-state index contributed by atoms with van der Waals surface area (Å²) in [5.74, 6) is 1.77. The molecule has 0 bridgehead atoms. The minimum Gasteiger partial charge on any atom is -0.473 e. The highest BCUT2D eigenvalue weighted by Gasteiger charge is 2.29. The van der Waals surface area contributed by atoms with E-state index in [2.05, 4.69) is 46.5 Å². The molecule has 3 heterocycles. The lowest BCUT2D eigenvalue weighted by molar-refractivity contribution is 0.289. The van der Waals surface area contributed by atoms with Crippen molar-refractivity contribution in [2.24, 2.45) is 7.05 Å². The standard InChI is InChI=1S/C16H19BrN8O/c1-16(2,25-19-6-7-20-25)12-8-13(24(3)23-12)21-15-18-9-11(17)14(22-15)26-10-4-5-10/h6-10H,4-5H2,1-3H3,(H,18,21,22). The Morgan fingerprint density at radius 3 is 2.69 bits per heavy atom. The van der Waals surface area contributed by atoms with Crippen molar-refractivity contribution in [3.05, 3.63) is 34.8 Å². The molecular formula is C16H19BrN8O. The second-order valence-corrected chi connectivity index (χ2v) is 7.56. The van der Waals surface area contributed by atoms with Crippen LogP contribution in [0, 0.1) is 0 Å². The Balaban J connectivity index is 1.58. The third-order valence-corrected chi connectivity index (χ3v) is 4.72. The second-order valence-electron chi connectivity index (χ2n) is 6.70. The van der Waals surface area contributed by atoms with E-state index in [0.717, 1.165) is 28.8 Å². The number of anilines is 2. The van der Waals surface area contributed by atoms with E-state index in [-0.39, 0.29) is 6.10 Å². The Hall–Kier alpha value is -2.49. The van der Waals surface area contributed by atoms with Crippen molar-refractivity contribution in [1.29, 1.82) is 0 Å². The first-order chi connectivity index (χ1) is 12.4. The predicted octanol–water partition coefficient (Wildman–Crippen LogP) is 2.63. The molecule has 1 aliphatic rings. The number of aromatic nitrogens is 7. The maximum atomic E-state index is 5.79. The lowest BCUT2D eigenvalue weighted by Gasteiger charge is -2.20. The van der Waals surface area contributed by atoms with Crippen LogP contribution in [0.3, 0.4) is 0 Å². The fourth-order valence-corrected chi connectivity index (χ4v) is 2.73. The lowest BCUT2D eigenvalue weighted by Crippen LogP contribution is -2.30. The first-order valence-corrected chi connectivity index (χ1v) is 9.10. The highest BCUT2D eigenvalue weighted by molar-refractivity contribution is 9.10. The lowest BCUT2D eigenvalue weighted by atomic mass is 10.0. The molecule has 4 rings (SSSR count). The van der Waals surface area contributed by atoms with Gasteiger partial charge in [-0.05, 0) is 42.6 Å². The largest absolute Gasteiger partial charge is 0.473 e. The van der Waals surface area contributed by atoms with Gasteiger partial charge in [-0.25, -0.2) is 4.98 Å². The Morgan fingerprint density at radius 1 is 1.27 bits per heavy atom. The van der Waals surface area contributed by atoms with Crippen LogP contribution in [0.25, 0.3) is 0 Å². The van der Waals surface area contributed by atoms with E-state index < -0.39 is 5.54 Å². The summed E-state index contributed by atoms with van der Waals surface area (Å²) in [5, 5.41) is 16.3. The maximum absolute atomic E-state index is 5.79. The molecule has 3 aromatic heterocycles. The van der Waals surface area contributed by atoms with Gasteiger partial charge in [-0.2, -0.15) is 25.1 Å². The van der Waals surface area contributed by atoms with Crippen LogP contribution in [0.4, 0.5) is 11.8 Å². The summed E-state index contributed by atoms with van der Waals surface area (Å²) in [6, 6.07) is 1.94. The summed E-state index contributed by atoms with van der Waals surface area (Å²) in [6.07, 6.45) is 7.39. The van der Waals surface area contributed by atoms with E-state index in [1.807, 2.05) is 27.0 Å². The fraction of sp³-hybridized carbons (Fsp3) is 0.438. The van der Waals surface area contributed by atoms with Gasteiger partial charge < -0.3 is 10.1 Å². The van der Waals surface area contributed by atoms with Crippen LogP contribution >= 0.6 is 15.9 Å². The molecule has 0 aliphatic heterocycles. The van der Waals surface area contributed by atoms with Crippen LogP contribution in [0.15, 0.2) is 29.1 Å². The summed E-state index contributed by atoms with van der Waals surface area (Å²) in [6.45, 7) is 4.02. The molecule has 0 radical (unpaired) electrons. The van der Waals surface area contributed by atoms with Crippen molar-refractivity contribution in [2.45, 2.75) is 38.3 Å². The molecule has 136 valence electrons. The molecule has 0 amide bonds. The van der Waals surface area contributed by atoms with Crippen molar-refractivity contribution in [3.8, 4) is 5.88 Å². The molecule has 0 unspecified atom stereocenters. The summed E-state index contributed by atoms with van der Waals surface area (Å²) in [4.78, 5) is 10.4. The average molecular weight is 419 g/mol. The van der Waals surface area contributed by atoms with Gasteiger partial charge in [-0.3, -0.25) is 4.68 Å². The minimum absolute atomic E-state index is 0.264. The van der Waals surface area contributed by atoms with Gasteiger partial charge in [0.1, 0.15) is 17.5 Å². The smallest absolute Gasteiger partial charge is 0.233 e. The van der Waals surface area contributed by atoms with Crippen LogP contribution in [0.1, 0.15) is 32.4 Å². The molecule has 9 nitrogen and oxygen atoms in total. The van der Waals surface area contributed by atoms with Gasteiger partial charge in [0.2, 0.25) is 11.8 Å². The minimum atomic E-state index is -0.484. The molecule has 1 aliphatic carbocycles. The molecule has 1 N–H and O–H groups in total. The second kappa shape index (κ2) is 6.35. The molecule has 0 atom stereocenters. The highest BCUT2D eigenvalue weighted by Crippen LogP contribution is 2.31. The van der Waals surface area contributed by atoms with Gasteiger partial charge in [-0.1, -0.05) is 0 Å². The third-order valence-electron chi connectivity index (χ3n) is 4.18. The molecule has 0 aromatic carbocycles. The fourth-order valence-electron chi connectivity index (χ4n) is 2.44. The van der Waals surface area contributed by atoms with Crippen molar-refractivity contribution in [3.63, 3.8) is 0 Å². The molecule has 0 saturated heterocycles. The topological polar surface area (TPSA) is 95.6 Å². The van der Waals surface area contributed by atoms with Gasteiger partial charge in [-0.15, -0.1) is 0 Å². The zero-order chi connectivity index (χ0) is 18.3. The Labute approximate surface area is 158 Å². The van der Waals surface area contributed by atoms with Gasteiger partial charge in [0.15, 0.2) is 0 Å². The molecule has 1 fully saturated rings. The first-order valence-electron chi connectivity index (χ1n) is 8.31. The summed E-state index contributed by atoms with van der Waals surface area (Å²) in [7, 11) is 1.86. The number of aryl methyl sites for hydroxylation is 1. The Morgan fingerprint density at radius 2 is 2.00 bits per heavy atom. The average Bonchev–Trinajstić information content (AvgIpc) is 3.09. The van der Waals surface area contributed by atoms with Crippen molar-refractivity contribution >= 4 is 27.7 Å². The van der Waals surface area contributed by atoms with Crippen LogP contribution in [0.5, 0.6) is 5.88 Å². The van der Waals surface area contributed by atoms with Gasteiger partial charge in [0.05, 0.1) is 28.8 Å². The van der Waals surface area contributed by atoms with E-state index >= 15 is 0 Å². The number of nitrogens with zero attached hydrogens (tertiary/aromatic N) is 7. The monoisotopic (exact) mass is 418 g/mol. The number of ether oxygens (including phenoxy) is 1. The number of halogens is 1. The molecule has 26 heavy (non-hydrogen) atoms. The number of hydrogen-bond acceptors (Lipinski definition) is 7. The van der Waals surface area contributed by atoms with Crippen molar-refractivity contribution < 1.29 is 4.74 Å². The quantitative estimate of drug-likeness (QED) is 0.656. The van der Waals surface area contributed by atoms with E-state index in [0.29, 0.717) is 11.8 Å². The van der Waals surface area contributed by atoms with E-state index in [4.69, 9.17) is 4.74 Å². The summed E-state index contributed by atoms with van der Waals surface area (Å²) in [5.41, 5.74) is 0.340.